The molecule has 4 aliphatic heterocycles. The Kier molecular flexibility index (Phi) is 12.8. The van der Waals surface area contributed by atoms with E-state index >= 15 is 4.79 Å². The van der Waals surface area contributed by atoms with E-state index in [0.29, 0.717) is 72.9 Å². The van der Waals surface area contributed by atoms with Gasteiger partial charge in [-0.3, -0.25) is 34.5 Å². The summed E-state index contributed by atoms with van der Waals surface area (Å²) < 4.78 is 6.28. The van der Waals surface area contributed by atoms with Crippen molar-refractivity contribution in [3.8, 4) is 17.6 Å². The number of unbranched alkanes of at least 4 members (excludes halogenated alkanes) is 1. The summed E-state index contributed by atoms with van der Waals surface area (Å²) in [7, 11) is 0. The number of fused-ring (bicyclic) bond motifs is 1. The Bertz CT molecular complexity index is 2420. The molecule has 0 spiro atoms. The Hall–Kier alpha value is -5.67. The Morgan fingerprint density at radius 3 is 2.30 bits per heavy atom. The maximum Gasteiger partial charge on any atom is 0.326 e. The largest absolute Gasteiger partial charge is 0.493 e. The highest BCUT2D eigenvalue weighted by atomic mass is 35.5. The van der Waals surface area contributed by atoms with Crippen LogP contribution in [0.4, 0.5) is 4.79 Å². The molecule has 13 heteroatoms. The highest BCUT2D eigenvalue weighted by Gasteiger charge is 2.45. The van der Waals surface area contributed by atoms with E-state index < -0.39 is 24.0 Å². The van der Waals surface area contributed by atoms with Crippen molar-refractivity contribution in [3.05, 3.63) is 134 Å². The highest BCUT2D eigenvalue weighted by molar-refractivity contribution is 6.30. The summed E-state index contributed by atoms with van der Waals surface area (Å²) in [5.41, 5.74) is 5.82. The molecule has 2 saturated heterocycles. The molecule has 314 valence electrons. The lowest BCUT2D eigenvalue weighted by atomic mass is 9.93. The molecule has 11 nitrogen and oxygen atoms in total. The molecule has 4 aliphatic rings. The number of hydrogen-bond donors (Lipinski definition) is 1. The van der Waals surface area contributed by atoms with Gasteiger partial charge in [-0.15, -0.1) is 0 Å². The smallest absolute Gasteiger partial charge is 0.326 e. The first kappa shape index (κ1) is 42.0. The number of carbonyl (C=O) groups is 4. The number of amidine groups is 1. The third-order valence-electron chi connectivity index (χ3n) is 11.9. The predicted octanol–water partition coefficient (Wildman–Crippen LogP) is 7.83. The third-order valence-corrected chi connectivity index (χ3v) is 12.4. The maximum absolute atomic E-state index is 15.1. The van der Waals surface area contributed by atoms with Crippen molar-refractivity contribution >= 4 is 52.8 Å². The summed E-state index contributed by atoms with van der Waals surface area (Å²) in [6, 6.07) is 25.2. The van der Waals surface area contributed by atoms with Crippen LogP contribution in [0.3, 0.4) is 0 Å². The Morgan fingerprint density at radius 2 is 1.61 bits per heavy atom. The van der Waals surface area contributed by atoms with Crippen LogP contribution in [0.2, 0.25) is 10.0 Å². The van der Waals surface area contributed by atoms with Crippen LogP contribution in [0.5, 0.6) is 5.75 Å². The number of imide groups is 1. The monoisotopic (exact) mass is 858 g/mol. The van der Waals surface area contributed by atoms with Gasteiger partial charge in [-0.05, 0) is 97.0 Å². The fraction of sp³-hybridized carbons (Fsp3) is 0.354. The zero-order chi connectivity index (χ0) is 42.6. The van der Waals surface area contributed by atoms with Gasteiger partial charge in [0.15, 0.2) is 0 Å². The van der Waals surface area contributed by atoms with E-state index in [-0.39, 0.29) is 30.8 Å². The predicted molar refractivity (Wildman–Crippen MR) is 236 cm³/mol. The first-order chi connectivity index (χ1) is 29.6. The van der Waals surface area contributed by atoms with Crippen LogP contribution in [0.15, 0.2) is 89.9 Å². The number of carbonyl (C=O) groups excluding carboxylic acids is 4. The first-order valence-corrected chi connectivity index (χ1v) is 21.8. The van der Waals surface area contributed by atoms with Gasteiger partial charge in [0.25, 0.3) is 5.91 Å². The lowest BCUT2D eigenvalue weighted by Gasteiger charge is -2.38. The number of nitrogens with one attached hydrogen (secondary N) is 1. The van der Waals surface area contributed by atoms with Gasteiger partial charge >= 0.3 is 6.03 Å². The van der Waals surface area contributed by atoms with Crippen molar-refractivity contribution in [2.75, 3.05) is 39.3 Å². The number of aryl methyl sites for hydroxylation is 1. The highest BCUT2D eigenvalue weighted by Crippen LogP contribution is 2.46. The molecule has 4 aromatic carbocycles. The summed E-state index contributed by atoms with van der Waals surface area (Å²) in [6.45, 7) is 7.51. The summed E-state index contributed by atoms with van der Waals surface area (Å²) in [4.78, 5) is 65.6. The van der Waals surface area contributed by atoms with Crippen molar-refractivity contribution in [1.82, 2.24) is 24.9 Å². The lowest BCUT2D eigenvalue weighted by Crippen LogP contribution is -2.54. The van der Waals surface area contributed by atoms with Gasteiger partial charge < -0.3 is 14.5 Å². The summed E-state index contributed by atoms with van der Waals surface area (Å²) in [5.74, 6) is 6.84. The average Bonchev–Trinajstić information content (AvgIpc) is 3.82. The fourth-order valence-electron chi connectivity index (χ4n) is 8.62. The second kappa shape index (κ2) is 18.5. The van der Waals surface area contributed by atoms with Gasteiger partial charge in [-0.1, -0.05) is 84.8 Å². The van der Waals surface area contributed by atoms with Crippen LogP contribution in [0, 0.1) is 11.8 Å². The number of aliphatic imine (C=N–C) groups is 1. The molecule has 0 saturated carbocycles. The van der Waals surface area contributed by atoms with E-state index in [2.05, 4.69) is 41.1 Å². The van der Waals surface area contributed by atoms with Crippen molar-refractivity contribution < 1.29 is 23.9 Å². The van der Waals surface area contributed by atoms with Crippen LogP contribution >= 0.6 is 23.2 Å². The van der Waals surface area contributed by atoms with E-state index in [1.54, 1.807) is 11.0 Å². The Labute approximate surface area is 366 Å². The summed E-state index contributed by atoms with van der Waals surface area (Å²) in [5, 5.41) is 3.57. The average molecular weight is 860 g/mol. The first-order valence-electron chi connectivity index (χ1n) is 21.0. The molecule has 1 unspecified atom stereocenters. The van der Waals surface area contributed by atoms with Gasteiger partial charge in [-0.2, -0.15) is 0 Å². The summed E-state index contributed by atoms with van der Waals surface area (Å²) in [6.07, 6.45) is 3.57. The molecular formula is C48H48Cl2N6O5. The van der Waals surface area contributed by atoms with Crippen LogP contribution in [-0.4, -0.2) is 94.6 Å². The van der Waals surface area contributed by atoms with Crippen molar-refractivity contribution in [2.24, 2.45) is 4.99 Å². The van der Waals surface area contributed by atoms with E-state index in [4.69, 9.17) is 32.9 Å². The van der Waals surface area contributed by atoms with Gasteiger partial charge in [0.2, 0.25) is 11.8 Å². The topological polar surface area (TPSA) is 115 Å². The fourth-order valence-corrected chi connectivity index (χ4v) is 8.87. The number of piperidine rings is 1. The lowest BCUT2D eigenvalue weighted by molar-refractivity contribution is -0.136. The van der Waals surface area contributed by atoms with Crippen molar-refractivity contribution in [3.63, 3.8) is 0 Å². The van der Waals surface area contributed by atoms with Gasteiger partial charge in [0, 0.05) is 60.3 Å². The normalized spacial score (nSPS) is 20.3. The van der Waals surface area contributed by atoms with E-state index in [1.165, 1.54) is 5.56 Å². The number of benzene rings is 4. The number of amides is 5. The molecule has 1 N–H and O–H groups in total. The maximum atomic E-state index is 15.1. The minimum absolute atomic E-state index is 0.150. The number of ether oxygens (including phenoxy) is 1. The van der Waals surface area contributed by atoms with E-state index in [9.17, 15) is 14.4 Å². The van der Waals surface area contributed by atoms with E-state index in [1.807, 2.05) is 83.5 Å². The SMILES string of the molecule is CCCCc1ccc(C2=N[C@@H](c3ccc(Cl)cc3)[C@@H](c3ccc(Cl)cc3)N2C(=O)N2CCN(CC#Cc3cccc4c3CN(C3CCC(=O)NC3=O)C4=O)CC2)c(OCC)c1. The Morgan fingerprint density at radius 1 is 0.885 bits per heavy atom. The molecule has 0 aliphatic carbocycles. The number of nitrogens with zero attached hydrogens (tertiary/aromatic N) is 5. The molecule has 8 rings (SSSR count). The van der Waals surface area contributed by atoms with Gasteiger partial charge in [-0.25, -0.2) is 4.79 Å². The van der Waals surface area contributed by atoms with Crippen LogP contribution < -0.4 is 10.1 Å². The van der Waals surface area contributed by atoms with Crippen LogP contribution in [0.1, 0.15) is 95.4 Å². The standard InChI is InChI=1S/C48H48Cl2N6O5/c1-3-5-8-31-12-21-38(41(29-31)61-4-2)45-52-43(33-13-17-35(49)18-14-33)44(34-15-19-36(50)20-16-34)56(45)48(60)54-27-25-53(26-28-54)24-7-10-32-9-6-11-37-39(32)30-55(47(37)59)40-22-23-42(57)51-46(40)58/h6,9,11-21,29,40,43-44H,3-5,8,22-28,30H2,1-2H3,(H,51,57,58)/t40?,43-,44+/m0/s1. The number of halogens is 2. The molecule has 5 amide bonds. The van der Waals surface area contributed by atoms with Gasteiger partial charge in [0.05, 0.1) is 24.8 Å². The second-order valence-electron chi connectivity index (χ2n) is 15.8. The minimum Gasteiger partial charge on any atom is -0.493 e. The number of piperazine rings is 1. The van der Waals surface area contributed by atoms with Crippen molar-refractivity contribution in [2.45, 2.75) is 70.6 Å². The minimum atomic E-state index is -0.687. The zero-order valence-corrected chi connectivity index (χ0v) is 35.8. The zero-order valence-electron chi connectivity index (χ0n) is 34.3. The molecule has 2 fully saturated rings. The second-order valence-corrected chi connectivity index (χ2v) is 16.6. The molecule has 4 aromatic rings. The molecule has 61 heavy (non-hydrogen) atoms. The summed E-state index contributed by atoms with van der Waals surface area (Å²) >= 11 is 12.8. The van der Waals surface area contributed by atoms with Crippen LogP contribution in [-0.2, 0) is 22.6 Å². The molecule has 0 bridgehead atoms. The quantitative estimate of drug-likeness (QED) is 0.129. The molecule has 0 radical (unpaired) electrons. The molecule has 4 heterocycles. The third kappa shape index (κ3) is 8.89. The van der Waals surface area contributed by atoms with Gasteiger partial charge in [0.1, 0.15) is 23.7 Å². The molecular weight excluding hydrogens is 811 g/mol. The number of rotatable bonds is 10. The van der Waals surface area contributed by atoms with Crippen molar-refractivity contribution in [1.29, 1.82) is 0 Å². The number of urea groups is 1. The molecule has 0 aromatic heterocycles. The molecule has 3 atom stereocenters. The van der Waals surface area contributed by atoms with Crippen LogP contribution in [0.25, 0.3) is 0 Å². The van der Waals surface area contributed by atoms with E-state index in [0.717, 1.165) is 47.1 Å². The Balaban J connectivity index is 1.03. The number of hydrogen-bond acceptors (Lipinski definition) is 7.